The molecular weight excluding hydrogens is 324 g/mol. The summed E-state index contributed by atoms with van der Waals surface area (Å²) in [6.45, 7) is -0.0825. The molecule has 2 aromatic carbocycles. The molecule has 3 rings (SSSR count). The van der Waals surface area contributed by atoms with E-state index in [2.05, 4.69) is 0 Å². The molecule has 1 heterocycles. The van der Waals surface area contributed by atoms with Crippen LogP contribution in [-0.4, -0.2) is 22.2 Å². The first kappa shape index (κ1) is 16.3. The fraction of sp³-hybridized carbons (Fsp3) is 0.0526. The molecule has 0 aliphatic heterocycles. The molecule has 0 saturated carbocycles. The SMILES string of the molecule is O=C(O)c1ccc(OCc2oc(-c3ccccc3)cc2C(=O)O)cc1. The lowest BCUT2D eigenvalue weighted by Gasteiger charge is -2.05. The van der Waals surface area contributed by atoms with E-state index in [0.717, 1.165) is 5.56 Å². The van der Waals surface area contributed by atoms with Crippen molar-refractivity contribution in [1.29, 1.82) is 0 Å². The molecule has 0 aliphatic carbocycles. The molecule has 0 radical (unpaired) electrons. The van der Waals surface area contributed by atoms with Crippen molar-refractivity contribution in [2.45, 2.75) is 6.61 Å². The fourth-order valence-corrected chi connectivity index (χ4v) is 2.30. The van der Waals surface area contributed by atoms with Crippen LogP contribution in [0.1, 0.15) is 26.5 Å². The van der Waals surface area contributed by atoms with Crippen LogP contribution in [0.3, 0.4) is 0 Å². The van der Waals surface area contributed by atoms with Crippen molar-refractivity contribution in [3.05, 3.63) is 77.6 Å². The van der Waals surface area contributed by atoms with E-state index in [1.165, 1.54) is 30.3 Å². The number of rotatable bonds is 6. The van der Waals surface area contributed by atoms with Gasteiger partial charge in [0.05, 0.1) is 5.56 Å². The van der Waals surface area contributed by atoms with Gasteiger partial charge in [-0.05, 0) is 30.3 Å². The van der Waals surface area contributed by atoms with E-state index in [0.29, 0.717) is 11.5 Å². The number of ether oxygens (including phenoxy) is 1. The third kappa shape index (κ3) is 3.69. The topological polar surface area (TPSA) is 97.0 Å². The Bertz CT molecular complexity index is 893. The van der Waals surface area contributed by atoms with Crippen LogP contribution in [-0.2, 0) is 6.61 Å². The van der Waals surface area contributed by atoms with Crippen molar-refractivity contribution >= 4 is 11.9 Å². The lowest BCUT2D eigenvalue weighted by atomic mass is 10.1. The zero-order chi connectivity index (χ0) is 17.8. The zero-order valence-electron chi connectivity index (χ0n) is 13.0. The molecule has 0 amide bonds. The molecule has 25 heavy (non-hydrogen) atoms. The van der Waals surface area contributed by atoms with Gasteiger partial charge in [0.25, 0.3) is 0 Å². The minimum Gasteiger partial charge on any atom is -0.486 e. The third-order valence-corrected chi connectivity index (χ3v) is 3.57. The summed E-state index contributed by atoms with van der Waals surface area (Å²) in [5, 5.41) is 18.2. The van der Waals surface area contributed by atoms with Crippen LogP contribution in [0.4, 0.5) is 0 Å². The second-order valence-electron chi connectivity index (χ2n) is 5.24. The molecule has 0 atom stereocenters. The Morgan fingerprint density at radius 3 is 2.20 bits per heavy atom. The van der Waals surface area contributed by atoms with Gasteiger partial charge in [-0.25, -0.2) is 9.59 Å². The molecule has 0 spiro atoms. The Balaban J connectivity index is 1.80. The summed E-state index contributed by atoms with van der Waals surface area (Å²) in [5.74, 6) is -1.09. The first-order valence-corrected chi connectivity index (χ1v) is 7.42. The van der Waals surface area contributed by atoms with E-state index in [4.69, 9.17) is 14.3 Å². The lowest BCUT2D eigenvalue weighted by molar-refractivity contribution is 0.0682. The second-order valence-corrected chi connectivity index (χ2v) is 5.24. The van der Waals surface area contributed by atoms with E-state index in [1.807, 2.05) is 30.3 Å². The average molecular weight is 338 g/mol. The van der Waals surface area contributed by atoms with Gasteiger partial charge in [-0.2, -0.15) is 0 Å². The van der Waals surface area contributed by atoms with Gasteiger partial charge in [0.2, 0.25) is 0 Å². The van der Waals surface area contributed by atoms with Gasteiger partial charge in [-0.3, -0.25) is 0 Å². The summed E-state index contributed by atoms with van der Waals surface area (Å²) in [6.07, 6.45) is 0. The zero-order valence-corrected chi connectivity index (χ0v) is 13.0. The minimum absolute atomic E-state index is 0.0287. The molecule has 0 fully saturated rings. The standard InChI is InChI=1S/C19H14O6/c20-18(21)13-6-8-14(9-7-13)24-11-17-15(19(22)23)10-16(25-17)12-4-2-1-3-5-12/h1-10H,11H2,(H,20,21)(H,22,23). The van der Waals surface area contributed by atoms with Crippen molar-refractivity contribution < 1.29 is 29.0 Å². The number of hydrogen-bond acceptors (Lipinski definition) is 4. The van der Waals surface area contributed by atoms with E-state index < -0.39 is 11.9 Å². The summed E-state index contributed by atoms with van der Waals surface area (Å²) in [5.41, 5.74) is 0.936. The van der Waals surface area contributed by atoms with Gasteiger partial charge in [-0.15, -0.1) is 0 Å². The van der Waals surface area contributed by atoms with Gasteiger partial charge >= 0.3 is 11.9 Å². The van der Waals surface area contributed by atoms with Crippen LogP contribution in [0.25, 0.3) is 11.3 Å². The molecule has 0 saturated heterocycles. The van der Waals surface area contributed by atoms with Crippen molar-refractivity contribution in [3.8, 4) is 17.1 Å². The van der Waals surface area contributed by atoms with E-state index in [-0.39, 0.29) is 23.5 Å². The van der Waals surface area contributed by atoms with E-state index in [9.17, 15) is 14.7 Å². The summed E-state index contributed by atoms with van der Waals surface area (Å²) in [6, 6.07) is 16.5. The van der Waals surface area contributed by atoms with Gasteiger partial charge < -0.3 is 19.4 Å². The molecule has 6 heteroatoms. The molecule has 0 bridgehead atoms. The summed E-state index contributed by atoms with van der Waals surface area (Å²) in [4.78, 5) is 22.2. The Morgan fingerprint density at radius 2 is 1.60 bits per heavy atom. The van der Waals surface area contributed by atoms with Gasteiger partial charge in [0.15, 0.2) is 5.76 Å². The Morgan fingerprint density at radius 1 is 0.920 bits per heavy atom. The second kappa shape index (κ2) is 6.92. The van der Waals surface area contributed by atoms with Gasteiger partial charge in [0.1, 0.15) is 23.7 Å². The fourth-order valence-electron chi connectivity index (χ4n) is 2.30. The predicted octanol–water partition coefficient (Wildman–Crippen LogP) is 3.92. The van der Waals surface area contributed by atoms with E-state index >= 15 is 0 Å². The van der Waals surface area contributed by atoms with Gasteiger partial charge in [-0.1, -0.05) is 30.3 Å². The highest BCUT2D eigenvalue weighted by Crippen LogP contribution is 2.27. The number of carboxylic acid groups (broad SMARTS) is 2. The maximum Gasteiger partial charge on any atom is 0.339 e. The quantitative estimate of drug-likeness (QED) is 0.707. The van der Waals surface area contributed by atoms with E-state index in [1.54, 1.807) is 0 Å². The van der Waals surface area contributed by atoms with Crippen LogP contribution < -0.4 is 4.74 Å². The molecule has 3 aromatic rings. The predicted molar refractivity (Wildman–Crippen MR) is 88.8 cm³/mol. The first-order valence-electron chi connectivity index (χ1n) is 7.42. The average Bonchev–Trinajstić information content (AvgIpc) is 3.05. The monoisotopic (exact) mass is 338 g/mol. The summed E-state index contributed by atoms with van der Waals surface area (Å²) >= 11 is 0. The largest absolute Gasteiger partial charge is 0.486 e. The smallest absolute Gasteiger partial charge is 0.339 e. The third-order valence-electron chi connectivity index (χ3n) is 3.57. The number of aromatic carboxylic acids is 2. The lowest BCUT2D eigenvalue weighted by Crippen LogP contribution is -2.03. The highest BCUT2D eigenvalue weighted by Gasteiger charge is 2.18. The highest BCUT2D eigenvalue weighted by molar-refractivity contribution is 5.90. The number of carboxylic acids is 2. The van der Waals surface area contributed by atoms with Crippen LogP contribution >= 0.6 is 0 Å². The number of furan rings is 1. The minimum atomic E-state index is -1.11. The number of hydrogen-bond donors (Lipinski definition) is 2. The highest BCUT2D eigenvalue weighted by atomic mass is 16.5. The summed E-state index contributed by atoms with van der Waals surface area (Å²) in [7, 11) is 0. The maximum absolute atomic E-state index is 11.4. The Hall–Kier alpha value is -3.54. The van der Waals surface area contributed by atoms with Crippen LogP contribution in [0.15, 0.2) is 65.1 Å². The molecule has 2 N–H and O–H groups in total. The number of carbonyl (C=O) groups is 2. The summed E-state index contributed by atoms with van der Waals surface area (Å²) < 4.78 is 11.2. The van der Waals surface area contributed by atoms with Crippen molar-refractivity contribution in [1.82, 2.24) is 0 Å². The molecule has 0 aliphatic rings. The Labute approximate surface area is 142 Å². The normalized spacial score (nSPS) is 10.4. The molecule has 126 valence electrons. The molecule has 1 aromatic heterocycles. The maximum atomic E-state index is 11.4. The molecule has 0 unspecified atom stereocenters. The Kier molecular flexibility index (Phi) is 4.52. The first-order chi connectivity index (χ1) is 12.0. The van der Waals surface area contributed by atoms with Crippen molar-refractivity contribution in [3.63, 3.8) is 0 Å². The molecular formula is C19H14O6. The van der Waals surface area contributed by atoms with Crippen molar-refractivity contribution in [2.24, 2.45) is 0 Å². The van der Waals surface area contributed by atoms with Gasteiger partial charge in [0, 0.05) is 5.56 Å². The number of benzene rings is 2. The van der Waals surface area contributed by atoms with Crippen LogP contribution in [0, 0.1) is 0 Å². The van der Waals surface area contributed by atoms with Crippen LogP contribution in [0.5, 0.6) is 5.75 Å². The van der Waals surface area contributed by atoms with Crippen molar-refractivity contribution in [2.75, 3.05) is 0 Å². The molecule has 6 nitrogen and oxygen atoms in total. The van der Waals surface area contributed by atoms with Crippen LogP contribution in [0.2, 0.25) is 0 Å².